The van der Waals surface area contributed by atoms with Crippen LogP contribution in [-0.4, -0.2) is 30.6 Å². The van der Waals surface area contributed by atoms with Crippen molar-refractivity contribution in [3.05, 3.63) is 70.2 Å². The van der Waals surface area contributed by atoms with Gasteiger partial charge in [-0.25, -0.2) is 4.79 Å². The average molecular weight is 362 g/mol. The number of rotatable bonds is 6. The topological polar surface area (TPSA) is 29.5 Å². The second-order valence-electron chi connectivity index (χ2n) is 5.41. The van der Waals surface area contributed by atoms with Crippen LogP contribution in [0.2, 0.25) is 0 Å². The van der Waals surface area contributed by atoms with Crippen LogP contribution < -0.4 is 0 Å². The third kappa shape index (κ3) is 5.28. The highest BCUT2D eigenvalue weighted by Gasteiger charge is 2.14. The summed E-state index contributed by atoms with van der Waals surface area (Å²) >= 11 is 3.36. The van der Waals surface area contributed by atoms with Crippen molar-refractivity contribution in [3.63, 3.8) is 0 Å². The van der Waals surface area contributed by atoms with Gasteiger partial charge in [0.2, 0.25) is 0 Å². The number of benzene rings is 2. The molecule has 0 fully saturated rings. The fourth-order valence-corrected chi connectivity index (χ4v) is 2.70. The molecule has 0 bridgehead atoms. The summed E-state index contributed by atoms with van der Waals surface area (Å²) in [5.74, 6) is -0.290. The van der Waals surface area contributed by atoms with Crippen molar-refractivity contribution < 1.29 is 9.53 Å². The summed E-state index contributed by atoms with van der Waals surface area (Å²) < 4.78 is 6.37. The highest BCUT2D eigenvalue weighted by molar-refractivity contribution is 9.10. The van der Waals surface area contributed by atoms with E-state index in [1.807, 2.05) is 44.3 Å². The Balaban J connectivity index is 1.84. The molecule has 1 atom stereocenters. The lowest BCUT2D eigenvalue weighted by atomic mass is 10.2. The van der Waals surface area contributed by atoms with Crippen molar-refractivity contribution in [1.29, 1.82) is 0 Å². The number of likely N-dealkylation sites (N-methyl/N-ethyl adjacent to an activating group) is 1. The highest BCUT2D eigenvalue weighted by atomic mass is 79.9. The van der Waals surface area contributed by atoms with Crippen LogP contribution in [-0.2, 0) is 11.3 Å². The molecule has 0 heterocycles. The zero-order valence-corrected chi connectivity index (χ0v) is 14.4. The molecule has 116 valence electrons. The van der Waals surface area contributed by atoms with E-state index in [2.05, 4.69) is 33.0 Å². The average Bonchev–Trinajstić information content (AvgIpc) is 2.47. The largest absolute Gasteiger partial charge is 0.458 e. The molecule has 0 saturated carbocycles. The monoisotopic (exact) mass is 361 g/mol. The van der Waals surface area contributed by atoms with Gasteiger partial charge in [-0.05, 0) is 37.7 Å². The fourth-order valence-electron chi connectivity index (χ4n) is 2.30. The summed E-state index contributed by atoms with van der Waals surface area (Å²) in [5.41, 5.74) is 1.81. The lowest BCUT2D eigenvalue weighted by Crippen LogP contribution is -2.30. The van der Waals surface area contributed by atoms with Crippen LogP contribution in [0.3, 0.4) is 0 Å². The van der Waals surface area contributed by atoms with Gasteiger partial charge >= 0.3 is 5.97 Å². The van der Waals surface area contributed by atoms with E-state index >= 15 is 0 Å². The Kier molecular flexibility index (Phi) is 6.16. The first-order valence-electron chi connectivity index (χ1n) is 7.23. The smallest absolute Gasteiger partial charge is 0.338 e. The molecule has 2 aromatic rings. The van der Waals surface area contributed by atoms with Gasteiger partial charge in [0.15, 0.2) is 0 Å². The maximum atomic E-state index is 12.1. The molecule has 2 aromatic carbocycles. The van der Waals surface area contributed by atoms with E-state index in [0.29, 0.717) is 12.1 Å². The molecule has 0 aliphatic heterocycles. The number of ether oxygens (including phenoxy) is 1. The zero-order chi connectivity index (χ0) is 15.9. The Hall–Kier alpha value is -1.65. The predicted octanol–water partition coefficient (Wildman–Crippen LogP) is 4.13. The Morgan fingerprint density at radius 3 is 2.59 bits per heavy atom. The molecule has 0 saturated heterocycles. The van der Waals surface area contributed by atoms with Crippen LogP contribution in [0.15, 0.2) is 59.1 Å². The normalized spacial score (nSPS) is 12.2. The molecule has 0 radical (unpaired) electrons. The van der Waals surface area contributed by atoms with Gasteiger partial charge in [0.1, 0.15) is 6.10 Å². The number of carbonyl (C=O) groups excluding carboxylic acids is 1. The molecule has 0 aliphatic carbocycles. The van der Waals surface area contributed by atoms with E-state index in [0.717, 1.165) is 11.0 Å². The van der Waals surface area contributed by atoms with E-state index in [9.17, 15) is 4.79 Å². The molecule has 2 rings (SSSR count). The van der Waals surface area contributed by atoms with Gasteiger partial charge in [-0.15, -0.1) is 0 Å². The molecule has 0 amide bonds. The van der Waals surface area contributed by atoms with Crippen LogP contribution in [0, 0.1) is 0 Å². The van der Waals surface area contributed by atoms with Gasteiger partial charge in [-0.2, -0.15) is 0 Å². The second-order valence-corrected chi connectivity index (χ2v) is 6.32. The first-order valence-corrected chi connectivity index (χ1v) is 8.03. The quantitative estimate of drug-likeness (QED) is 0.724. The summed E-state index contributed by atoms with van der Waals surface area (Å²) in [6.45, 7) is 3.44. The Labute approximate surface area is 140 Å². The van der Waals surface area contributed by atoms with E-state index in [4.69, 9.17) is 4.74 Å². The maximum Gasteiger partial charge on any atom is 0.338 e. The number of nitrogens with zero attached hydrogens (tertiary/aromatic N) is 1. The first-order chi connectivity index (χ1) is 10.5. The van der Waals surface area contributed by atoms with E-state index in [1.165, 1.54) is 5.56 Å². The molecule has 22 heavy (non-hydrogen) atoms. The van der Waals surface area contributed by atoms with Crippen LogP contribution in [0.5, 0.6) is 0 Å². The number of esters is 1. The van der Waals surface area contributed by atoms with Gasteiger partial charge in [-0.1, -0.05) is 52.3 Å². The van der Waals surface area contributed by atoms with E-state index in [1.54, 1.807) is 12.1 Å². The number of carbonyl (C=O) groups is 1. The standard InChI is InChI=1S/C18H20BrNO2/c1-14(12-20(2)13-15-7-4-3-5-8-15)22-18(21)16-9-6-10-17(19)11-16/h3-11,14H,12-13H2,1-2H3. The summed E-state index contributed by atoms with van der Waals surface area (Å²) in [5, 5.41) is 0. The lowest BCUT2D eigenvalue weighted by Gasteiger charge is -2.21. The fraction of sp³-hybridized carbons (Fsp3) is 0.278. The van der Waals surface area contributed by atoms with Crippen molar-refractivity contribution in [2.24, 2.45) is 0 Å². The molecule has 0 N–H and O–H groups in total. The van der Waals surface area contributed by atoms with Crippen LogP contribution >= 0.6 is 15.9 Å². The van der Waals surface area contributed by atoms with Gasteiger partial charge in [0.25, 0.3) is 0 Å². The summed E-state index contributed by atoms with van der Waals surface area (Å²) in [4.78, 5) is 14.2. The van der Waals surface area contributed by atoms with Gasteiger partial charge in [0, 0.05) is 17.6 Å². The number of halogens is 1. The molecular formula is C18H20BrNO2. The highest BCUT2D eigenvalue weighted by Crippen LogP contribution is 2.13. The van der Waals surface area contributed by atoms with Crippen molar-refractivity contribution in [2.45, 2.75) is 19.6 Å². The van der Waals surface area contributed by atoms with Crippen LogP contribution in [0.25, 0.3) is 0 Å². The van der Waals surface area contributed by atoms with Crippen LogP contribution in [0.1, 0.15) is 22.8 Å². The number of hydrogen-bond acceptors (Lipinski definition) is 3. The van der Waals surface area contributed by atoms with E-state index in [-0.39, 0.29) is 12.1 Å². The Bertz CT molecular complexity index is 615. The minimum atomic E-state index is -0.290. The third-order valence-electron chi connectivity index (χ3n) is 3.23. The molecule has 0 aliphatic rings. The van der Waals surface area contributed by atoms with Crippen molar-refractivity contribution >= 4 is 21.9 Å². The maximum absolute atomic E-state index is 12.1. The zero-order valence-electron chi connectivity index (χ0n) is 12.8. The van der Waals surface area contributed by atoms with E-state index < -0.39 is 0 Å². The van der Waals surface area contributed by atoms with Crippen molar-refractivity contribution in [3.8, 4) is 0 Å². The minimum absolute atomic E-state index is 0.166. The summed E-state index contributed by atoms with van der Waals surface area (Å²) in [6, 6.07) is 17.5. The third-order valence-corrected chi connectivity index (χ3v) is 3.73. The predicted molar refractivity (Wildman–Crippen MR) is 91.8 cm³/mol. The van der Waals surface area contributed by atoms with Gasteiger partial charge in [-0.3, -0.25) is 4.90 Å². The molecule has 3 nitrogen and oxygen atoms in total. The Morgan fingerprint density at radius 1 is 1.18 bits per heavy atom. The van der Waals surface area contributed by atoms with Gasteiger partial charge in [0.05, 0.1) is 5.56 Å². The Morgan fingerprint density at radius 2 is 1.91 bits per heavy atom. The van der Waals surface area contributed by atoms with Gasteiger partial charge < -0.3 is 4.74 Å². The SMILES string of the molecule is CC(CN(C)Cc1ccccc1)OC(=O)c1cccc(Br)c1. The van der Waals surface area contributed by atoms with Crippen LogP contribution in [0.4, 0.5) is 0 Å². The molecule has 0 spiro atoms. The molecule has 4 heteroatoms. The number of hydrogen-bond donors (Lipinski definition) is 0. The first kappa shape index (κ1) is 16.7. The summed E-state index contributed by atoms with van der Waals surface area (Å²) in [6.07, 6.45) is -0.166. The minimum Gasteiger partial charge on any atom is -0.458 e. The lowest BCUT2D eigenvalue weighted by molar-refractivity contribution is 0.0268. The second kappa shape index (κ2) is 8.11. The molecular weight excluding hydrogens is 342 g/mol. The molecule has 1 unspecified atom stereocenters. The van der Waals surface area contributed by atoms with Crippen molar-refractivity contribution in [2.75, 3.05) is 13.6 Å². The van der Waals surface area contributed by atoms with Crippen molar-refractivity contribution in [1.82, 2.24) is 4.90 Å². The molecule has 0 aromatic heterocycles. The summed E-state index contributed by atoms with van der Waals surface area (Å²) in [7, 11) is 2.02.